The molecule has 0 atom stereocenters. The standard InChI is InChI=1S/C14H14O2P2S4/c1-15-11-3-7-13(8-4-11)17(19)21-18(20,22-17)14-9-5-12(16-2)6-10-14/h3-10H,1-2H3/t17-,18-. The van der Waals surface area contributed by atoms with Crippen LogP contribution in [0.25, 0.3) is 0 Å². The Labute approximate surface area is 148 Å². The van der Waals surface area contributed by atoms with Crippen LogP contribution in [0.4, 0.5) is 0 Å². The zero-order chi connectivity index (χ0) is 15.8. The highest BCUT2D eigenvalue weighted by Gasteiger charge is 2.45. The molecule has 0 unspecified atom stereocenters. The van der Waals surface area contributed by atoms with Crippen LogP contribution in [-0.4, -0.2) is 14.2 Å². The maximum absolute atomic E-state index is 5.91. The number of methoxy groups -OCH3 is 2. The first kappa shape index (κ1) is 16.9. The van der Waals surface area contributed by atoms with Gasteiger partial charge in [-0.1, -0.05) is 45.6 Å². The number of rotatable bonds is 4. The van der Waals surface area contributed by atoms with Crippen molar-refractivity contribution in [2.75, 3.05) is 14.2 Å². The van der Waals surface area contributed by atoms with Crippen molar-refractivity contribution in [3.63, 3.8) is 0 Å². The summed E-state index contributed by atoms with van der Waals surface area (Å²) in [5.41, 5.74) is 0. The van der Waals surface area contributed by atoms with Crippen molar-refractivity contribution in [3.8, 4) is 11.5 Å². The maximum atomic E-state index is 5.91. The summed E-state index contributed by atoms with van der Waals surface area (Å²) in [5, 5.41) is 2.43. The van der Waals surface area contributed by atoms with Gasteiger partial charge >= 0.3 is 0 Å². The van der Waals surface area contributed by atoms with Gasteiger partial charge in [0.05, 0.1) is 23.1 Å². The van der Waals surface area contributed by atoms with E-state index in [9.17, 15) is 0 Å². The first-order valence-electron chi connectivity index (χ1n) is 6.41. The van der Waals surface area contributed by atoms with Crippen molar-refractivity contribution in [2.24, 2.45) is 0 Å². The third-order valence-electron chi connectivity index (χ3n) is 3.21. The Balaban J connectivity index is 1.81. The first-order valence-corrected chi connectivity index (χ1v) is 16.1. The van der Waals surface area contributed by atoms with Crippen molar-refractivity contribution in [1.29, 1.82) is 0 Å². The predicted molar refractivity (Wildman–Crippen MR) is 109 cm³/mol. The Bertz CT molecular complexity index is 695. The molecule has 1 aliphatic heterocycles. The Morgan fingerprint density at radius 3 is 1.27 bits per heavy atom. The Hall–Kier alpha value is 0.0400. The van der Waals surface area contributed by atoms with Crippen LogP contribution in [0.15, 0.2) is 48.5 Å². The van der Waals surface area contributed by atoms with Crippen LogP contribution in [-0.2, 0) is 23.6 Å². The van der Waals surface area contributed by atoms with Gasteiger partial charge in [-0.05, 0) is 48.5 Å². The van der Waals surface area contributed by atoms with Crippen LogP contribution in [0.1, 0.15) is 0 Å². The van der Waals surface area contributed by atoms with Crippen LogP contribution in [0.2, 0.25) is 0 Å². The average Bonchev–Trinajstić information content (AvgIpc) is 2.53. The van der Waals surface area contributed by atoms with Gasteiger partial charge in [-0.3, -0.25) is 0 Å². The molecule has 1 saturated heterocycles. The number of hydrogen-bond donors (Lipinski definition) is 0. The van der Waals surface area contributed by atoms with E-state index >= 15 is 0 Å². The summed E-state index contributed by atoms with van der Waals surface area (Å²) in [6.07, 6.45) is 0. The zero-order valence-corrected chi connectivity index (χ0v) is 17.0. The second-order valence-electron chi connectivity index (χ2n) is 4.55. The van der Waals surface area contributed by atoms with Crippen LogP contribution in [0, 0.1) is 0 Å². The summed E-state index contributed by atoms with van der Waals surface area (Å²) >= 11 is 15.5. The molecule has 2 aromatic rings. The fourth-order valence-corrected chi connectivity index (χ4v) is 44.3. The monoisotopic (exact) mass is 404 g/mol. The molecular formula is C14H14O2P2S4. The van der Waals surface area contributed by atoms with Gasteiger partial charge in [0.2, 0.25) is 0 Å². The van der Waals surface area contributed by atoms with E-state index in [4.69, 9.17) is 33.1 Å². The lowest BCUT2D eigenvalue weighted by Crippen LogP contribution is -2.09. The summed E-state index contributed by atoms with van der Waals surface area (Å²) in [6.45, 7) is 0. The van der Waals surface area contributed by atoms with E-state index < -0.39 is 8.88 Å². The molecule has 0 saturated carbocycles. The van der Waals surface area contributed by atoms with Gasteiger partial charge in [-0.2, -0.15) is 0 Å². The molecule has 0 radical (unpaired) electrons. The maximum Gasteiger partial charge on any atom is 0.118 e. The van der Waals surface area contributed by atoms with Crippen LogP contribution in [0.5, 0.6) is 11.5 Å². The summed E-state index contributed by atoms with van der Waals surface area (Å²) < 4.78 is 7.10. The topological polar surface area (TPSA) is 18.5 Å². The fraction of sp³-hybridized carbons (Fsp3) is 0.143. The molecule has 0 amide bonds. The molecule has 0 N–H and O–H groups in total. The summed E-state index contributed by atoms with van der Waals surface area (Å²) in [5.74, 6) is 1.71. The molecule has 1 heterocycles. The van der Waals surface area contributed by atoms with Gasteiger partial charge in [-0.15, -0.1) is 0 Å². The summed E-state index contributed by atoms with van der Waals surface area (Å²) in [7, 11) is 3.34. The molecule has 2 aromatic carbocycles. The lowest BCUT2D eigenvalue weighted by atomic mass is 10.3. The predicted octanol–water partition coefficient (Wildman–Crippen LogP) is 4.75. The normalized spacial score (nSPS) is 27.0. The van der Waals surface area contributed by atoms with E-state index in [-0.39, 0.29) is 0 Å². The second-order valence-corrected chi connectivity index (χ2v) is 25.8. The molecule has 0 aromatic heterocycles. The molecule has 3 rings (SSSR count). The Morgan fingerprint density at radius 2 is 1.00 bits per heavy atom. The minimum absolute atomic E-state index is 0.857. The number of hydrogen-bond acceptors (Lipinski definition) is 6. The van der Waals surface area contributed by atoms with E-state index in [1.54, 1.807) is 14.2 Å². The van der Waals surface area contributed by atoms with E-state index in [2.05, 4.69) is 24.3 Å². The lowest BCUT2D eigenvalue weighted by Gasteiger charge is -2.40. The van der Waals surface area contributed by atoms with E-state index in [0.717, 1.165) is 11.5 Å². The van der Waals surface area contributed by atoms with E-state index in [1.807, 2.05) is 46.3 Å². The number of benzene rings is 2. The first-order chi connectivity index (χ1) is 10.5. The van der Waals surface area contributed by atoms with Crippen molar-refractivity contribution in [3.05, 3.63) is 48.5 Å². The van der Waals surface area contributed by atoms with Crippen LogP contribution < -0.4 is 20.1 Å². The van der Waals surface area contributed by atoms with E-state index in [1.165, 1.54) is 10.6 Å². The van der Waals surface area contributed by atoms with E-state index in [0.29, 0.717) is 0 Å². The quantitative estimate of drug-likeness (QED) is 0.680. The Kier molecular flexibility index (Phi) is 4.99. The Morgan fingerprint density at radius 1 is 0.682 bits per heavy atom. The second kappa shape index (κ2) is 6.51. The van der Waals surface area contributed by atoms with Crippen molar-refractivity contribution in [1.82, 2.24) is 0 Å². The van der Waals surface area contributed by atoms with Gasteiger partial charge in [-0.25, -0.2) is 0 Å². The van der Waals surface area contributed by atoms with Gasteiger partial charge in [0.25, 0.3) is 0 Å². The third-order valence-corrected chi connectivity index (χ3v) is 34.4. The molecule has 0 aliphatic carbocycles. The van der Waals surface area contributed by atoms with Gasteiger partial charge in [0.1, 0.15) is 11.5 Å². The molecule has 0 spiro atoms. The molecule has 2 nitrogen and oxygen atoms in total. The fourth-order valence-electron chi connectivity index (χ4n) is 2.01. The molecule has 116 valence electrons. The van der Waals surface area contributed by atoms with Gasteiger partial charge < -0.3 is 9.47 Å². The molecule has 8 heteroatoms. The molecule has 0 bridgehead atoms. The molecular weight excluding hydrogens is 390 g/mol. The molecule has 22 heavy (non-hydrogen) atoms. The van der Waals surface area contributed by atoms with Gasteiger partial charge in [0, 0.05) is 10.6 Å². The minimum atomic E-state index is -1.66. The third kappa shape index (κ3) is 3.15. The lowest BCUT2D eigenvalue weighted by molar-refractivity contribution is 0.415. The molecule has 1 aliphatic rings. The smallest absolute Gasteiger partial charge is 0.118 e. The largest absolute Gasteiger partial charge is 0.497 e. The summed E-state index contributed by atoms with van der Waals surface area (Å²) in [6, 6.07) is 16.2. The van der Waals surface area contributed by atoms with Crippen LogP contribution in [0.3, 0.4) is 0 Å². The zero-order valence-electron chi connectivity index (χ0n) is 12.0. The number of ether oxygens (including phenoxy) is 2. The highest BCUT2D eigenvalue weighted by molar-refractivity contribution is 9.48. The summed E-state index contributed by atoms with van der Waals surface area (Å²) in [4.78, 5) is 0. The van der Waals surface area contributed by atoms with Crippen molar-refractivity contribution >= 4 is 65.1 Å². The van der Waals surface area contributed by atoms with Gasteiger partial charge in [0.15, 0.2) is 0 Å². The van der Waals surface area contributed by atoms with Crippen LogP contribution >= 0.6 is 30.9 Å². The average molecular weight is 404 g/mol. The van der Waals surface area contributed by atoms with Crippen molar-refractivity contribution < 1.29 is 9.47 Å². The van der Waals surface area contributed by atoms with Crippen molar-refractivity contribution in [2.45, 2.75) is 0 Å². The SMILES string of the molecule is COc1ccc([P@]2(=S)S[P@@](=S)(c3ccc(OC)cc3)S2)cc1. The molecule has 1 fully saturated rings. The highest BCUT2D eigenvalue weighted by atomic mass is 33.7. The minimum Gasteiger partial charge on any atom is -0.497 e. The highest BCUT2D eigenvalue weighted by Crippen LogP contribution is 3.04.